The molecule has 0 unspecified atom stereocenters. The van der Waals surface area contributed by atoms with E-state index in [1.165, 1.54) is 5.56 Å². The number of aromatic nitrogens is 2. The number of nitrogens with one attached hydrogen (secondary N) is 1. The van der Waals surface area contributed by atoms with Crippen molar-refractivity contribution in [3.05, 3.63) is 71.0 Å². The van der Waals surface area contributed by atoms with E-state index in [1.807, 2.05) is 30.3 Å². The summed E-state index contributed by atoms with van der Waals surface area (Å²) in [5.74, 6) is 1.21. The quantitative estimate of drug-likeness (QED) is 0.520. The van der Waals surface area contributed by atoms with Gasteiger partial charge in [-0.1, -0.05) is 43.7 Å². The van der Waals surface area contributed by atoms with E-state index < -0.39 is 0 Å². The van der Waals surface area contributed by atoms with Crippen LogP contribution in [-0.2, 0) is 30.5 Å². The van der Waals surface area contributed by atoms with E-state index in [1.54, 1.807) is 6.07 Å². The standard InChI is InChI=1S/C26H29N3O2/c1-2-7-24-26(27-17-21(31)11-6-10-18-8-4-3-5-9-18)29-23-15-12-19-16-20(30)13-14-22(19)25(23)28-24/h3-5,8-9,13-14,16,30H,2,6-7,10-12,15,17H2,1H3,(H,27,29). The Kier molecular flexibility index (Phi) is 6.60. The van der Waals surface area contributed by atoms with Crippen LogP contribution in [0.1, 0.15) is 48.7 Å². The van der Waals surface area contributed by atoms with E-state index in [9.17, 15) is 9.90 Å². The minimum atomic E-state index is 0.193. The van der Waals surface area contributed by atoms with Gasteiger partial charge in [-0.25, -0.2) is 9.97 Å². The molecule has 2 aromatic carbocycles. The summed E-state index contributed by atoms with van der Waals surface area (Å²) < 4.78 is 0. The number of carbonyl (C=O) groups is 1. The van der Waals surface area contributed by atoms with Crippen LogP contribution < -0.4 is 5.32 Å². The average molecular weight is 416 g/mol. The van der Waals surface area contributed by atoms with Gasteiger partial charge in [-0.05, 0) is 61.4 Å². The van der Waals surface area contributed by atoms with Crippen molar-refractivity contribution >= 4 is 11.6 Å². The SMILES string of the molecule is CCCc1nc2c(nc1NCC(=O)CCCc1ccccc1)CCc1cc(O)ccc1-2. The molecule has 1 heterocycles. The molecule has 0 radical (unpaired) electrons. The lowest BCUT2D eigenvalue weighted by Crippen LogP contribution is -2.18. The third-order valence-electron chi connectivity index (χ3n) is 5.72. The van der Waals surface area contributed by atoms with Crippen LogP contribution >= 0.6 is 0 Å². The summed E-state index contributed by atoms with van der Waals surface area (Å²) in [5.41, 5.74) is 6.19. The summed E-state index contributed by atoms with van der Waals surface area (Å²) in [6, 6.07) is 15.7. The first kappa shape index (κ1) is 21.0. The number of Topliss-reactive ketones (excluding diaryl/α,β-unsaturated/α-hetero) is 1. The van der Waals surface area contributed by atoms with Crippen LogP contribution in [0.2, 0.25) is 0 Å². The third-order valence-corrected chi connectivity index (χ3v) is 5.72. The maximum absolute atomic E-state index is 12.4. The number of anilines is 1. The normalized spacial score (nSPS) is 12.2. The van der Waals surface area contributed by atoms with Crippen LogP contribution in [0.25, 0.3) is 11.3 Å². The highest BCUT2D eigenvalue weighted by molar-refractivity contribution is 5.83. The average Bonchev–Trinajstić information content (AvgIpc) is 2.78. The molecule has 0 aliphatic heterocycles. The summed E-state index contributed by atoms with van der Waals surface area (Å²) in [6.45, 7) is 2.40. The fraction of sp³-hybridized carbons (Fsp3) is 0.346. The van der Waals surface area contributed by atoms with Crippen LogP contribution in [0.3, 0.4) is 0 Å². The van der Waals surface area contributed by atoms with Crippen molar-refractivity contribution in [1.82, 2.24) is 9.97 Å². The number of hydrogen-bond acceptors (Lipinski definition) is 5. The molecule has 3 aromatic rings. The number of aryl methyl sites for hydroxylation is 4. The van der Waals surface area contributed by atoms with Crippen molar-refractivity contribution in [3.8, 4) is 17.0 Å². The molecule has 0 bridgehead atoms. The van der Waals surface area contributed by atoms with Crippen LogP contribution in [0.5, 0.6) is 5.75 Å². The van der Waals surface area contributed by atoms with E-state index in [-0.39, 0.29) is 18.1 Å². The maximum atomic E-state index is 12.4. The minimum absolute atomic E-state index is 0.193. The molecular weight excluding hydrogens is 386 g/mol. The Hall–Kier alpha value is -3.21. The number of phenolic OH excluding ortho intramolecular Hbond substituents is 1. The fourth-order valence-electron chi connectivity index (χ4n) is 4.12. The Morgan fingerprint density at radius 1 is 1.06 bits per heavy atom. The topological polar surface area (TPSA) is 75.1 Å². The molecule has 31 heavy (non-hydrogen) atoms. The number of fused-ring (bicyclic) bond motifs is 3. The predicted octanol–water partition coefficient (Wildman–Crippen LogP) is 4.90. The first-order chi connectivity index (χ1) is 15.1. The van der Waals surface area contributed by atoms with Crippen molar-refractivity contribution in [2.75, 3.05) is 11.9 Å². The zero-order valence-corrected chi connectivity index (χ0v) is 18.0. The summed E-state index contributed by atoms with van der Waals surface area (Å²) >= 11 is 0. The summed E-state index contributed by atoms with van der Waals surface area (Å²) in [4.78, 5) is 22.2. The summed E-state index contributed by atoms with van der Waals surface area (Å²) in [6.07, 6.45) is 5.70. The van der Waals surface area contributed by atoms with Crippen molar-refractivity contribution in [3.63, 3.8) is 0 Å². The molecule has 1 aromatic heterocycles. The van der Waals surface area contributed by atoms with Crippen molar-refractivity contribution < 1.29 is 9.90 Å². The number of ketones is 1. The van der Waals surface area contributed by atoms with Gasteiger partial charge < -0.3 is 10.4 Å². The van der Waals surface area contributed by atoms with E-state index in [4.69, 9.17) is 9.97 Å². The summed E-state index contributed by atoms with van der Waals surface area (Å²) in [5, 5.41) is 13.1. The lowest BCUT2D eigenvalue weighted by Gasteiger charge is -2.21. The van der Waals surface area contributed by atoms with Gasteiger partial charge in [0, 0.05) is 12.0 Å². The van der Waals surface area contributed by atoms with Gasteiger partial charge in [-0.15, -0.1) is 0 Å². The Morgan fingerprint density at radius 3 is 2.71 bits per heavy atom. The number of carbonyl (C=O) groups excluding carboxylic acids is 1. The van der Waals surface area contributed by atoms with E-state index in [2.05, 4.69) is 24.4 Å². The van der Waals surface area contributed by atoms with E-state index in [0.29, 0.717) is 6.42 Å². The molecule has 4 rings (SSSR count). The molecule has 0 amide bonds. The van der Waals surface area contributed by atoms with Crippen molar-refractivity contribution in [1.29, 1.82) is 0 Å². The molecule has 1 aliphatic carbocycles. The van der Waals surface area contributed by atoms with Crippen molar-refractivity contribution in [2.24, 2.45) is 0 Å². The van der Waals surface area contributed by atoms with Gasteiger partial charge in [0.25, 0.3) is 0 Å². The molecule has 2 N–H and O–H groups in total. The lowest BCUT2D eigenvalue weighted by atomic mass is 9.91. The maximum Gasteiger partial charge on any atom is 0.151 e. The largest absolute Gasteiger partial charge is 0.508 e. The Balaban J connectivity index is 1.43. The van der Waals surface area contributed by atoms with Gasteiger partial charge in [-0.3, -0.25) is 4.79 Å². The highest BCUT2D eigenvalue weighted by Crippen LogP contribution is 2.34. The zero-order valence-electron chi connectivity index (χ0n) is 18.0. The number of hydrogen-bond donors (Lipinski definition) is 2. The second-order valence-electron chi connectivity index (χ2n) is 8.14. The van der Waals surface area contributed by atoms with Gasteiger partial charge in [0.15, 0.2) is 5.78 Å². The van der Waals surface area contributed by atoms with E-state index >= 15 is 0 Å². The zero-order chi connectivity index (χ0) is 21.6. The molecule has 0 spiro atoms. The molecule has 0 saturated heterocycles. The highest BCUT2D eigenvalue weighted by Gasteiger charge is 2.22. The second-order valence-corrected chi connectivity index (χ2v) is 8.14. The number of aromatic hydroxyl groups is 1. The predicted molar refractivity (Wildman–Crippen MR) is 123 cm³/mol. The first-order valence-corrected chi connectivity index (χ1v) is 11.2. The Morgan fingerprint density at radius 2 is 1.90 bits per heavy atom. The fourth-order valence-corrected chi connectivity index (χ4v) is 4.12. The monoisotopic (exact) mass is 415 g/mol. The van der Waals surface area contributed by atoms with Gasteiger partial charge >= 0.3 is 0 Å². The molecule has 160 valence electrons. The van der Waals surface area contributed by atoms with Crippen LogP contribution in [-0.4, -0.2) is 27.4 Å². The summed E-state index contributed by atoms with van der Waals surface area (Å²) in [7, 11) is 0. The van der Waals surface area contributed by atoms with E-state index in [0.717, 1.165) is 72.6 Å². The molecular formula is C26H29N3O2. The van der Waals surface area contributed by atoms with Gasteiger partial charge in [0.05, 0.1) is 23.6 Å². The molecule has 1 aliphatic rings. The lowest BCUT2D eigenvalue weighted by molar-refractivity contribution is -0.117. The minimum Gasteiger partial charge on any atom is -0.508 e. The van der Waals surface area contributed by atoms with Crippen molar-refractivity contribution in [2.45, 2.75) is 51.9 Å². The first-order valence-electron chi connectivity index (χ1n) is 11.2. The Bertz CT molecular complexity index is 1060. The van der Waals surface area contributed by atoms with Crippen LogP contribution in [0.15, 0.2) is 48.5 Å². The Labute approximate surface area is 183 Å². The molecule has 0 fully saturated rings. The third kappa shape index (κ3) is 5.10. The van der Waals surface area contributed by atoms with Gasteiger partial charge in [-0.2, -0.15) is 0 Å². The number of nitrogens with zero attached hydrogens (tertiary/aromatic N) is 2. The van der Waals surface area contributed by atoms with Gasteiger partial charge in [0.2, 0.25) is 0 Å². The van der Waals surface area contributed by atoms with Crippen LogP contribution in [0, 0.1) is 0 Å². The second kappa shape index (κ2) is 9.73. The number of rotatable bonds is 9. The highest BCUT2D eigenvalue weighted by atomic mass is 16.3. The molecule has 5 heteroatoms. The molecule has 0 saturated carbocycles. The van der Waals surface area contributed by atoms with Gasteiger partial charge in [0.1, 0.15) is 11.6 Å². The molecule has 0 atom stereocenters. The smallest absolute Gasteiger partial charge is 0.151 e. The molecule has 5 nitrogen and oxygen atoms in total. The number of benzene rings is 2. The number of phenols is 1. The van der Waals surface area contributed by atoms with Crippen LogP contribution in [0.4, 0.5) is 5.82 Å².